The fraction of sp³-hybridized carbons (Fsp3) is 0.500. The van der Waals surface area contributed by atoms with E-state index in [1.165, 1.54) is 18.4 Å². The Balaban J connectivity index is 1.51. The molecule has 0 aromatic heterocycles. The highest BCUT2D eigenvalue weighted by molar-refractivity contribution is 5.80. The zero-order valence-corrected chi connectivity index (χ0v) is 18.3. The minimum atomic E-state index is -0.122. The summed E-state index contributed by atoms with van der Waals surface area (Å²) in [5, 5.41) is 3.90. The monoisotopic (exact) mass is 406 g/mol. The van der Waals surface area contributed by atoms with Crippen molar-refractivity contribution in [3.05, 3.63) is 65.7 Å². The molecule has 30 heavy (non-hydrogen) atoms. The largest absolute Gasteiger partial charge is 0.497 e. The fourth-order valence-corrected chi connectivity index (χ4v) is 5.36. The van der Waals surface area contributed by atoms with Crippen molar-refractivity contribution in [3.63, 3.8) is 0 Å². The highest BCUT2D eigenvalue weighted by atomic mass is 16.5. The Hall–Kier alpha value is -2.33. The zero-order valence-electron chi connectivity index (χ0n) is 18.3. The van der Waals surface area contributed by atoms with Gasteiger partial charge in [-0.25, -0.2) is 0 Å². The number of likely N-dealkylation sites (tertiary alicyclic amines) is 1. The van der Waals surface area contributed by atoms with Gasteiger partial charge in [-0.05, 0) is 55.9 Å². The Kier molecular flexibility index (Phi) is 6.43. The lowest BCUT2D eigenvalue weighted by atomic mass is 9.83. The second-order valence-electron chi connectivity index (χ2n) is 9.09. The molecule has 4 nitrogen and oxygen atoms in total. The van der Waals surface area contributed by atoms with Crippen molar-refractivity contribution in [2.75, 3.05) is 13.7 Å². The average molecular weight is 407 g/mol. The third kappa shape index (κ3) is 4.54. The van der Waals surface area contributed by atoms with Gasteiger partial charge in [-0.15, -0.1) is 0 Å². The van der Waals surface area contributed by atoms with Crippen molar-refractivity contribution in [1.29, 1.82) is 0 Å². The number of ether oxygens (including phenoxy) is 1. The lowest BCUT2D eigenvalue weighted by Crippen LogP contribution is -2.57. The molecule has 2 aromatic carbocycles. The number of hydrogen-bond donors (Lipinski definition) is 1. The van der Waals surface area contributed by atoms with Crippen LogP contribution in [0.2, 0.25) is 0 Å². The zero-order chi connectivity index (χ0) is 21.0. The molecule has 0 aliphatic carbocycles. The van der Waals surface area contributed by atoms with E-state index in [0.717, 1.165) is 43.5 Å². The summed E-state index contributed by atoms with van der Waals surface area (Å²) in [4.78, 5) is 15.7. The molecular formula is C26H34N2O2. The van der Waals surface area contributed by atoms with E-state index >= 15 is 0 Å². The van der Waals surface area contributed by atoms with Crippen molar-refractivity contribution in [3.8, 4) is 5.75 Å². The Bertz CT molecular complexity index is 836. The van der Waals surface area contributed by atoms with Crippen LogP contribution in [-0.4, -0.2) is 42.1 Å². The maximum Gasteiger partial charge on any atom is 0.227 e. The number of carbonyl (C=O) groups excluding carboxylic acids is 1. The van der Waals surface area contributed by atoms with Crippen LogP contribution in [0.1, 0.15) is 50.2 Å². The summed E-state index contributed by atoms with van der Waals surface area (Å²) in [7, 11) is 1.67. The van der Waals surface area contributed by atoms with E-state index in [0.29, 0.717) is 18.5 Å². The van der Waals surface area contributed by atoms with Crippen LogP contribution in [0.5, 0.6) is 5.75 Å². The molecule has 2 aliphatic heterocycles. The second kappa shape index (κ2) is 9.22. The number of rotatable bonds is 5. The molecule has 1 N–H and O–H groups in total. The van der Waals surface area contributed by atoms with E-state index < -0.39 is 0 Å². The quantitative estimate of drug-likeness (QED) is 0.802. The van der Waals surface area contributed by atoms with Crippen molar-refractivity contribution in [2.24, 2.45) is 0 Å². The van der Waals surface area contributed by atoms with Crippen LogP contribution < -0.4 is 10.1 Å². The Morgan fingerprint density at radius 1 is 1.07 bits per heavy atom. The molecule has 2 fully saturated rings. The maximum absolute atomic E-state index is 13.5. The molecule has 0 saturated carbocycles. The van der Waals surface area contributed by atoms with Gasteiger partial charge in [0.2, 0.25) is 5.91 Å². The molecule has 3 atom stereocenters. The number of fused-ring (bicyclic) bond motifs is 1. The SMILES string of the molecule is COc1ccc(CC(=O)N2CCCCC[C@@H]3N[C@H](Cc4ccccc4)C[C@@]32C)cc1. The first kappa shape index (κ1) is 20.9. The Morgan fingerprint density at radius 2 is 1.83 bits per heavy atom. The normalized spacial score (nSPS) is 26.5. The van der Waals surface area contributed by atoms with Gasteiger partial charge < -0.3 is 15.0 Å². The molecule has 2 aromatic rings. The first-order valence-corrected chi connectivity index (χ1v) is 11.3. The van der Waals surface area contributed by atoms with Gasteiger partial charge >= 0.3 is 0 Å². The summed E-state index contributed by atoms with van der Waals surface area (Å²) >= 11 is 0. The predicted molar refractivity (Wildman–Crippen MR) is 121 cm³/mol. The highest BCUT2D eigenvalue weighted by Gasteiger charge is 2.48. The van der Waals surface area contributed by atoms with Crippen LogP contribution in [0.25, 0.3) is 0 Å². The number of benzene rings is 2. The van der Waals surface area contributed by atoms with Gasteiger partial charge in [0.25, 0.3) is 0 Å². The van der Waals surface area contributed by atoms with Gasteiger partial charge in [0.1, 0.15) is 5.75 Å². The van der Waals surface area contributed by atoms with Gasteiger partial charge in [0, 0.05) is 18.6 Å². The van der Waals surface area contributed by atoms with E-state index in [-0.39, 0.29) is 11.4 Å². The van der Waals surface area contributed by atoms with Crippen LogP contribution in [0.15, 0.2) is 54.6 Å². The minimum absolute atomic E-state index is 0.122. The molecule has 2 saturated heterocycles. The summed E-state index contributed by atoms with van der Waals surface area (Å²) in [6.07, 6.45) is 7.17. The van der Waals surface area contributed by atoms with Crippen molar-refractivity contribution in [1.82, 2.24) is 10.2 Å². The van der Waals surface area contributed by atoms with E-state index in [1.807, 2.05) is 24.3 Å². The minimum Gasteiger partial charge on any atom is -0.497 e. The van der Waals surface area contributed by atoms with Gasteiger partial charge in [-0.1, -0.05) is 55.3 Å². The van der Waals surface area contributed by atoms with Crippen LogP contribution in [0.3, 0.4) is 0 Å². The molecule has 0 unspecified atom stereocenters. The van der Waals surface area contributed by atoms with E-state index in [9.17, 15) is 4.79 Å². The number of nitrogens with zero attached hydrogens (tertiary/aromatic N) is 1. The molecule has 1 amide bonds. The Morgan fingerprint density at radius 3 is 2.57 bits per heavy atom. The summed E-state index contributed by atoms with van der Waals surface area (Å²) in [6.45, 7) is 3.18. The first-order valence-electron chi connectivity index (χ1n) is 11.3. The molecule has 160 valence electrons. The third-order valence-electron chi connectivity index (χ3n) is 6.98. The topological polar surface area (TPSA) is 41.6 Å². The lowest BCUT2D eigenvalue weighted by Gasteiger charge is -2.44. The number of hydrogen-bond acceptors (Lipinski definition) is 3. The molecule has 0 radical (unpaired) electrons. The molecule has 4 rings (SSSR count). The number of amides is 1. The van der Waals surface area contributed by atoms with Crippen LogP contribution >= 0.6 is 0 Å². The molecular weight excluding hydrogens is 372 g/mol. The number of nitrogens with one attached hydrogen (secondary N) is 1. The van der Waals surface area contributed by atoms with E-state index in [1.54, 1.807) is 7.11 Å². The molecule has 0 bridgehead atoms. The lowest BCUT2D eigenvalue weighted by molar-refractivity contribution is -0.137. The van der Waals surface area contributed by atoms with E-state index in [2.05, 4.69) is 47.5 Å². The van der Waals surface area contributed by atoms with Gasteiger partial charge in [0.15, 0.2) is 0 Å². The predicted octanol–water partition coefficient (Wildman–Crippen LogP) is 4.37. The molecule has 2 heterocycles. The standard InChI is InChI=1S/C26H34N2O2/c1-26-19-22(17-20-9-5-3-6-10-20)27-24(26)11-7-4-8-16-28(26)25(29)18-21-12-14-23(30-2)15-13-21/h3,5-6,9-10,12-15,22,24,27H,4,7-8,11,16-19H2,1-2H3/t22-,24+,26+/m1/s1. The van der Waals surface area contributed by atoms with Crippen LogP contribution in [-0.2, 0) is 17.6 Å². The average Bonchev–Trinajstić information content (AvgIpc) is 3.05. The fourth-order valence-electron chi connectivity index (χ4n) is 5.36. The summed E-state index contributed by atoms with van der Waals surface area (Å²) in [6, 6.07) is 19.4. The van der Waals surface area contributed by atoms with Crippen LogP contribution in [0.4, 0.5) is 0 Å². The van der Waals surface area contributed by atoms with Gasteiger partial charge in [0.05, 0.1) is 19.1 Å². The maximum atomic E-state index is 13.5. The number of carbonyl (C=O) groups is 1. The second-order valence-corrected chi connectivity index (χ2v) is 9.09. The number of methoxy groups -OCH3 is 1. The van der Waals surface area contributed by atoms with Crippen LogP contribution in [0, 0.1) is 0 Å². The van der Waals surface area contributed by atoms with Gasteiger partial charge in [-0.2, -0.15) is 0 Å². The Labute approximate surface area is 180 Å². The summed E-state index contributed by atoms with van der Waals surface area (Å²) in [5.74, 6) is 1.07. The van der Waals surface area contributed by atoms with Gasteiger partial charge in [-0.3, -0.25) is 4.79 Å². The van der Waals surface area contributed by atoms with Crippen molar-refractivity contribution < 1.29 is 9.53 Å². The first-order chi connectivity index (χ1) is 14.6. The van der Waals surface area contributed by atoms with E-state index in [4.69, 9.17) is 4.74 Å². The molecule has 2 aliphatic rings. The smallest absolute Gasteiger partial charge is 0.227 e. The molecule has 0 spiro atoms. The summed E-state index contributed by atoms with van der Waals surface area (Å²) in [5.41, 5.74) is 2.29. The summed E-state index contributed by atoms with van der Waals surface area (Å²) < 4.78 is 5.25. The highest BCUT2D eigenvalue weighted by Crippen LogP contribution is 2.37. The molecule has 4 heteroatoms. The third-order valence-corrected chi connectivity index (χ3v) is 6.98. The van der Waals surface area contributed by atoms with Crippen molar-refractivity contribution >= 4 is 5.91 Å². The van der Waals surface area contributed by atoms with Crippen molar-refractivity contribution in [2.45, 2.75) is 69.5 Å².